The third-order valence-electron chi connectivity index (χ3n) is 4.26. The van der Waals surface area contributed by atoms with Crippen molar-refractivity contribution in [3.8, 4) is 0 Å². The van der Waals surface area contributed by atoms with Crippen molar-refractivity contribution in [1.82, 2.24) is 14.7 Å². The van der Waals surface area contributed by atoms with Gasteiger partial charge in [0.1, 0.15) is 0 Å². The summed E-state index contributed by atoms with van der Waals surface area (Å²) in [6.45, 7) is 2.75. The first kappa shape index (κ1) is 15.7. The molecule has 122 valence electrons. The van der Waals surface area contributed by atoms with E-state index in [4.69, 9.17) is 0 Å². The minimum absolute atomic E-state index is 0.0570. The molecule has 2 aromatic heterocycles. The molecule has 0 unspecified atom stereocenters. The number of likely N-dealkylation sites (tertiary alicyclic amines) is 1. The minimum atomic E-state index is -0.249. The lowest BCUT2D eigenvalue weighted by atomic mass is 9.87. The van der Waals surface area contributed by atoms with Crippen molar-refractivity contribution in [2.75, 3.05) is 12.4 Å². The summed E-state index contributed by atoms with van der Waals surface area (Å²) in [5, 5.41) is 9.08. The van der Waals surface area contributed by atoms with Crippen molar-refractivity contribution in [2.45, 2.75) is 32.4 Å². The van der Waals surface area contributed by atoms with Crippen molar-refractivity contribution in [3.63, 3.8) is 0 Å². The van der Waals surface area contributed by atoms with Crippen LogP contribution in [0.15, 0.2) is 29.9 Å². The fourth-order valence-electron chi connectivity index (χ4n) is 3.00. The number of aryl methyl sites for hydroxylation is 1. The van der Waals surface area contributed by atoms with E-state index in [0.29, 0.717) is 18.5 Å². The molecule has 0 spiro atoms. The van der Waals surface area contributed by atoms with Gasteiger partial charge in [0.25, 0.3) is 0 Å². The van der Waals surface area contributed by atoms with Gasteiger partial charge in [-0.15, -0.1) is 11.3 Å². The highest BCUT2D eigenvalue weighted by Crippen LogP contribution is 2.38. The van der Waals surface area contributed by atoms with Crippen LogP contribution in [0.2, 0.25) is 0 Å². The number of carbonyl (C=O) groups is 2. The number of hydrogen-bond acceptors (Lipinski definition) is 4. The summed E-state index contributed by atoms with van der Waals surface area (Å²) in [4.78, 5) is 27.5. The molecular weight excluding hydrogens is 312 g/mol. The fourth-order valence-corrected chi connectivity index (χ4v) is 3.93. The van der Waals surface area contributed by atoms with E-state index >= 15 is 0 Å². The van der Waals surface area contributed by atoms with Gasteiger partial charge in [0.05, 0.1) is 23.8 Å². The third kappa shape index (κ3) is 3.14. The topological polar surface area (TPSA) is 67.2 Å². The molecule has 0 saturated carbocycles. The van der Waals surface area contributed by atoms with Crippen molar-refractivity contribution in [1.29, 1.82) is 0 Å². The van der Waals surface area contributed by atoms with Gasteiger partial charge in [0, 0.05) is 31.1 Å². The van der Waals surface area contributed by atoms with Crippen LogP contribution in [-0.2, 0) is 16.1 Å². The summed E-state index contributed by atoms with van der Waals surface area (Å²) < 4.78 is 1.77. The van der Waals surface area contributed by atoms with E-state index in [9.17, 15) is 9.59 Å². The molecule has 0 aromatic carbocycles. The van der Waals surface area contributed by atoms with Crippen LogP contribution in [0.1, 0.15) is 30.7 Å². The highest BCUT2D eigenvalue weighted by Gasteiger charge is 2.39. The molecule has 0 radical (unpaired) electrons. The quantitative estimate of drug-likeness (QED) is 0.935. The molecular formula is C16H20N4O2S. The van der Waals surface area contributed by atoms with E-state index in [1.54, 1.807) is 34.2 Å². The highest BCUT2D eigenvalue weighted by molar-refractivity contribution is 7.10. The van der Waals surface area contributed by atoms with Crippen LogP contribution < -0.4 is 5.32 Å². The van der Waals surface area contributed by atoms with Gasteiger partial charge in [-0.25, -0.2) is 0 Å². The Morgan fingerprint density at radius 2 is 2.35 bits per heavy atom. The van der Waals surface area contributed by atoms with E-state index in [2.05, 4.69) is 10.4 Å². The largest absolute Gasteiger partial charge is 0.337 e. The molecule has 7 heteroatoms. The number of amides is 2. The van der Waals surface area contributed by atoms with Crippen LogP contribution >= 0.6 is 11.3 Å². The van der Waals surface area contributed by atoms with E-state index < -0.39 is 0 Å². The SMILES string of the molecule is CCn1cc(NC(=O)[C@H]2CCC(=O)N(C)[C@@H]2c2cccs2)cn1. The molecule has 1 N–H and O–H groups in total. The van der Waals surface area contributed by atoms with Gasteiger partial charge in [-0.2, -0.15) is 5.10 Å². The Labute approximate surface area is 139 Å². The first-order valence-electron chi connectivity index (χ1n) is 7.72. The Hall–Kier alpha value is -2.15. The Balaban J connectivity index is 1.80. The second kappa shape index (κ2) is 6.54. The Bertz CT molecular complexity index is 695. The molecule has 1 aliphatic heterocycles. The van der Waals surface area contributed by atoms with Gasteiger partial charge >= 0.3 is 0 Å². The first-order valence-corrected chi connectivity index (χ1v) is 8.60. The number of nitrogens with zero attached hydrogens (tertiary/aromatic N) is 3. The standard InChI is InChI=1S/C16H20N4O2S/c1-3-20-10-11(9-17-20)18-16(22)12-6-7-14(21)19(2)15(12)13-5-4-8-23-13/h4-5,8-10,12,15H,3,6-7H2,1-2H3,(H,18,22)/t12-,15-/m0/s1. The molecule has 0 aliphatic carbocycles. The molecule has 1 saturated heterocycles. The zero-order chi connectivity index (χ0) is 16.4. The lowest BCUT2D eigenvalue weighted by Gasteiger charge is -2.37. The average molecular weight is 332 g/mol. The molecule has 0 bridgehead atoms. The third-order valence-corrected chi connectivity index (χ3v) is 5.20. The van der Waals surface area contributed by atoms with Crippen LogP contribution in [0.5, 0.6) is 0 Å². The number of piperidine rings is 1. The number of nitrogens with one attached hydrogen (secondary N) is 1. The van der Waals surface area contributed by atoms with Gasteiger partial charge < -0.3 is 10.2 Å². The second-order valence-electron chi connectivity index (χ2n) is 5.68. The van der Waals surface area contributed by atoms with Gasteiger partial charge in [-0.1, -0.05) is 6.07 Å². The van der Waals surface area contributed by atoms with E-state index in [1.165, 1.54) is 0 Å². The molecule has 1 aliphatic rings. The van der Waals surface area contributed by atoms with Crippen molar-refractivity contribution < 1.29 is 9.59 Å². The van der Waals surface area contributed by atoms with Gasteiger partial charge in [0.2, 0.25) is 11.8 Å². The van der Waals surface area contributed by atoms with Crippen LogP contribution in [0.25, 0.3) is 0 Å². The molecule has 6 nitrogen and oxygen atoms in total. The summed E-state index contributed by atoms with van der Waals surface area (Å²) in [6.07, 6.45) is 4.44. The Morgan fingerprint density at radius 3 is 3.00 bits per heavy atom. The number of thiophene rings is 1. The summed E-state index contributed by atoms with van der Waals surface area (Å²) in [6, 6.07) is 3.74. The maximum Gasteiger partial charge on any atom is 0.230 e. The lowest BCUT2D eigenvalue weighted by Crippen LogP contribution is -2.44. The molecule has 3 heterocycles. The minimum Gasteiger partial charge on any atom is -0.337 e. The summed E-state index contributed by atoms with van der Waals surface area (Å²) >= 11 is 1.58. The number of anilines is 1. The van der Waals surface area contributed by atoms with E-state index in [0.717, 1.165) is 11.4 Å². The smallest absolute Gasteiger partial charge is 0.230 e. The zero-order valence-electron chi connectivity index (χ0n) is 13.2. The lowest BCUT2D eigenvalue weighted by molar-refractivity contribution is -0.140. The number of aromatic nitrogens is 2. The summed E-state index contributed by atoms with van der Waals surface area (Å²) in [7, 11) is 1.78. The Morgan fingerprint density at radius 1 is 1.52 bits per heavy atom. The van der Waals surface area contributed by atoms with Gasteiger partial charge in [0.15, 0.2) is 0 Å². The molecule has 23 heavy (non-hydrogen) atoms. The normalized spacial score (nSPS) is 21.5. The maximum atomic E-state index is 12.7. The molecule has 3 rings (SSSR count). The predicted octanol–water partition coefficient (Wildman–Crippen LogP) is 2.51. The predicted molar refractivity (Wildman–Crippen MR) is 89.1 cm³/mol. The Kier molecular flexibility index (Phi) is 4.47. The summed E-state index contributed by atoms with van der Waals surface area (Å²) in [5.74, 6) is -0.217. The van der Waals surface area contributed by atoms with Crippen molar-refractivity contribution in [3.05, 3.63) is 34.8 Å². The maximum absolute atomic E-state index is 12.7. The van der Waals surface area contributed by atoms with Gasteiger partial charge in [-0.05, 0) is 24.8 Å². The van der Waals surface area contributed by atoms with E-state index in [1.807, 2.05) is 30.6 Å². The first-order chi connectivity index (χ1) is 11.1. The second-order valence-corrected chi connectivity index (χ2v) is 6.66. The molecule has 2 aromatic rings. The zero-order valence-corrected chi connectivity index (χ0v) is 14.0. The van der Waals surface area contributed by atoms with E-state index in [-0.39, 0.29) is 23.8 Å². The highest BCUT2D eigenvalue weighted by atomic mass is 32.1. The van der Waals surface area contributed by atoms with Crippen LogP contribution in [0.3, 0.4) is 0 Å². The van der Waals surface area contributed by atoms with Crippen molar-refractivity contribution in [2.24, 2.45) is 5.92 Å². The molecule has 1 fully saturated rings. The molecule has 2 atom stereocenters. The summed E-state index contributed by atoms with van der Waals surface area (Å²) in [5.41, 5.74) is 0.696. The van der Waals surface area contributed by atoms with Crippen molar-refractivity contribution >= 4 is 28.8 Å². The fraction of sp³-hybridized carbons (Fsp3) is 0.438. The number of rotatable bonds is 4. The molecule has 2 amide bonds. The number of carbonyl (C=O) groups excluding carboxylic acids is 2. The van der Waals surface area contributed by atoms with Gasteiger partial charge in [-0.3, -0.25) is 14.3 Å². The van der Waals surface area contributed by atoms with Crippen LogP contribution in [0.4, 0.5) is 5.69 Å². The monoisotopic (exact) mass is 332 g/mol. The van der Waals surface area contributed by atoms with Crippen LogP contribution in [-0.4, -0.2) is 33.5 Å². The average Bonchev–Trinajstić information content (AvgIpc) is 3.21. The van der Waals surface area contributed by atoms with Crippen LogP contribution in [0, 0.1) is 5.92 Å². The number of hydrogen-bond donors (Lipinski definition) is 1.